The van der Waals surface area contributed by atoms with Crippen LogP contribution in [0.4, 0.5) is 4.39 Å². The number of nitriles is 1. The van der Waals surface area contributed by atoms with Gasteiger partial charge in [0.25, 0.3) is 0 Å². The normalized spacial score (nSPS) is 10.2. The van der Waals surface area contributed by atoms with Gasteiger partial charge < -0.3 is 0 Å². The Hall–Kier alpha value is -2.28. The molecule has 0 spiro atoms. The van der Waals surface area contributed by atoms with Gasteiger partial charge in [-0.05, 0) is 18.4 Å². The number of aryl methyl sites for hydroxylation is 1. The minimum Gasteiger partial charge on any atom is -0.235 e. The third-order valence-electron chi connectivity index (χ3n) is 2.89. The van der Waals surface area contributed by atoms with Crippen LogP contribution in [0.1, 0.15) is 30.9 Å². The first kappa shape index (κ1) is 13.2. The molecule has 3 nitrogen and oxygen atoms in total. The summed E-state index contributed by atoms with van der Waals surface area (Å²) in [5.74, 6) is -0.471. The molecule has 0 radical (unpaired) electrons. The topological polar surface area (TPSA) is 49.6 Å². The van der Waals surface area contributed by atoms with Crippen LogP contribution in [0, 0.1) is 17.3 Å². The van der Waals surface area contributed by atoms with Gasteiger partial charge in [0.05, 0.1) is 6.20 Å². The van der Waals surface area contributed by atoms with Crippen LogP contribution in [0.15, 0.2) is 30.5 Å². The molecule has 1 heterocycles. The van der Waals surface area contributed by atoms with Crippen molar-refractivity contribution in [3.05, 3.63) is 47.5 Å². The predicted octanol–water partition coefficient (Wildman–Crippen LogP) is 3.50. The number of rotatable bonds is 4. The quantitative estimate of drug-likeness (QED) is 0.786. The van der Waals surface area contributed by atoms with Crippen LogP contribution in [-0.2, 0) is 6.42 Å². The highest BCUT2D eigenvalue weighted by Crippen LogP contribution is 2.17. The van der Waals surface area contributed by atoms with Crippen molar-refractivity contribution in [2.75, 3.05) is 0 Å². The lowest BCUT2D eigenvalue weighted by Crippen LogP contribution is -1.96. The summed E-state index contributed by atoms with van der Waals surface area (Å²) < 4.78 is 13.4. The Bertz CT molecular complexity index is 600. The summed E-state index contributed by atoms with van der Waals surface area (Å²) in [4.78, 5) is 7.70. The third kappa shape index (κ3) is 3.14. The van der Waals surface area contributed by atoms with Crippen LogP contribution in [0.2, 0.25) is 0 Å². The molecule has 0 N–H and O–H groups in total. The lowest BCUT2D eigenvalue weighted by Gasteiger charge is -2.03. The van der Waals surface area contributed by atoms with Gasteiger partial charge in [-0.3, -0.25) is 0 Å². The summed E-state index contributed by atoms with van der Waals surface area (Å²) in [6, 6.07) is 9.48. The van der Waals surface area contributed by atoms with E-state index in [0.29, 0.717) is 5.82 Å². The van der Waals surface area contributed by atoms with E-state index in [4.69, 9.17) is 5.26 Å². The molecule has 0 saturated carbocycles. The molecule has 0 aliphatic carbocycles. The average Bonchev–Trinajstić information content (AvgIpc) is 2.45. The highest BCUT2D eigenvalue weighted by Gasteiger charge is 2.07. The van der Waals surface area contributed by atoms with Gasteiger partial charge in [0.2, 0.25) is 5.95 Å². The van der Waals surface area contributed by atoms with Crippen molar-refractivity contribution in [1.29, 1.82) is 5.26 Å². The van der Waals surface area contributed by atoms with E-state index in [-0.39, 0.29) is 5.56 Å². The number of unbranched alkanes of at least 4 members (excludes halogenated alkanes) is 1. The van der Waals surface area contributed by atoms with Crippen molar-refractivity contribution in [1.82, 2.24) is 9.97 Å². The first-order chi connectivity index (χ1) is 9.24. The summed E-state index contributed by atoms with van der Waals surface area (Å²) in [7, 11) is 0. The zero-order valence-electron chi connectivity index (χ0n) is 10.7. The van der Waals surface area contributed by atoms with Gasteiger partial charge in [0, 0.05) is 5.56 Å². The van der Waals surface area contributed by atoms with Gasteiger partial charge >= 0.3 is 0 Å². The van der Waals surface area contributed by atoms with E-state index < -0.39 is 5.95 Å². The maximum Gasteiger partial charge on any atom is 0.234 e. The molecular formula is C15H14FN3. The fourth-order valence-electron chi connectivity index (χ4n) is 1.78. The number of hydrogen-bond acceptors (Lipinski definition) is 3. The molecule has 4 heteroatoms. The molecule has 0 saturated heterocycles. The van der Waals surface area contributed by atoms with Crippen LogP contribution in [0.3, 0.4) is 0 Å². The Morgan fingerprint density at radius 2 is 2.00 bits per heavy atom. The fraction of sp³-hybridized carbons (Fsp3) is 0.267. The van der Waals surface area contributed by atoms with Gasteiger partial charge in [0.1, 0.15) is 11.6 Å². The maximum absolute atomic E-state index is 13.4. The highest BCUT2D eigenvalue weighted by atomic mass is 19.1. The Kier molecular flexibility index (Phi) is 4.19. The molecule has 2 rings (SSSR count). The van der Waals surface area contributed by atoms with Gasteiger partial charge in [-0.15, -0.1) is 0 Å². The van der Waals surface area contributed by atoms with Gasteiger partial charge in [-0.25, -0.2) is 4.98 Å². The van der Waals surface area contributed by atoms with Crippen LogP contribution in [-0.4, -0.2) is 9.97 Å². The van der Waals surface area contributed by atoms with E-state index in [1.54, 1.807) is 6.07 Å². The molecular weight excluding hydrogens is 241 g/mol. The smallest absolute Gasteiger partial charge is 0.234 e. The number of benzene rings is 1. The number of halogens is 1. The number of nitrogens with zero attached hydrogens (tertiary/aromatic N) is 3. The maximum atomic E-state index is 13.4. The SMILES string of the molecule is CCCCc1ccc(-c2ncc(C#N)c(F)n2)cc1. The Balaban J connectivity index is 2.22. The second-order valence-corrected chi connectivity index (χ2v) is 4.31. The predicted molar refractivity (Wildman–Crippen MR) is 70.8 cm³/mol. The summed E-state index contributed by atoms with van der Waals surface area (Å²) in [5, 5.41) is 8.63. The van der Waals surface area contributed by atoms with Crippen LogP contribution in [0.25, 0.3) is 11.4 Å². The lowest BCUT2D eigenvalue weighted by atomic mass is 10.1. The minimum absolute atomic E-state index is 0.136. The van der Waals surface area contributed by atoms with E-state index in [1.165, 1.54) is 11.8 Å². The Morgan fingerprint density at radius 1 is 1.26 bits per heavy atom. The molecule has 0 fully saturated rings. The Morgan fingerprint density at radius 3 is 2.58 bits per heavy atom. The van der Waals surface area contributed by atoms with E-state index in [9.17, 15) is 4.39 Å². The molecule has 2 aromatic rings. The van der Waals surface area contributed by atoms with E-state index in [0.717, 1.165) is 24.8 Å². The molecule has 0 unspecified atom stereocenters. The van der Waals surface area contributed by atoms with E-state index in [2.05, 4.69) is 16.9 Å². The first-order valence-corrected chi connectivity index (χ1v) is 6.26. The molecule has 0 aliphatic heterocycles. The van der Waals surface area contributed by atoms with E-state index in [1.807, 2.05) is 24.3 Å². The summed E-state index contributed by atoms with van der Waals surface area (Å²) in [6.45, 7) is 2.15. The van der Waals surface area contributed by atoms with Crippen molar-refractivity contribution in [2.24, 2.45) is 0 Å². The van der Waals surface area contributed by atoms with Crippen LogP contribution >= 0.6 is 0 Å². The zero-order valence-corrected chi connectivity index (χ0v) is 10.7. The summed E-state index contributed by atoms with van der Waals surface area (Å²) in [5.41, 5.74) is 1.87. The number of aromatic nitrogens is 2. The zero-order chi connectivity index (χ0) is 13.7. The molecule has 0 aliphatic rings. The molecule has 0 amide bonds. The third-order valence-corrected chi connectivity index (χ3v) is 2.89. The molecule has 0 atom stereocenters. The van der Waals surface area contributed by atoms with Crippen LogP contribution < -0.4 is 0 Å². The molecule has 19 heavy (non-hydrogen) atoms. The molecule has 1 aromatic heterocycles. The van der Waals surface area contributed by atoms with Crippen molar-refractivity contribution >= 4 is 0 Å². The summed E-state index contributed by atoms with van der Waals surface area (Å²) in [6.07, 6.45) is 4.56. The van der Waals surface area contributed by atoms with Crippen LogP contribution in [0.5, 0.6) is 0 Å². The lowest BCUT2D eigenvalue weighted by molar-refractivity contribution is 0.577. The Labute approximate surface area is 111 Å². The number of hydrogen-bond donors (Lipinski definition) is 0. The minimum atomic E-state index is -0.775. The van der Waals surface area contributed by atoms with E-state index >= 15 is 0 Å². The fourth-order valence-corrected chi connectivity index (χ4v) is 1.78. The van der Waals surface area contributed by atoms with Crippen molar-refractivity contribution in [2.45, 2.75) is 26.2 Å². The van der Waals surface area contributed by atoms with Gasteiger partial charge in [0.15, 0.2) is 5.82 Å². The van der Waals surface area contributed by atoms with Crippen molar-refractivity contribution < 1.29 is 4.39 Å². The van der Waals surface area contributed by atoms with Crippen molar-refractivity contribution in [3.8, 4) is 17.5 Å². The molecule has 96 valence electrons. The van der Waals surface area contributed by atoms with Gasteiger partial charge in [-0.2, -0.15) is 14.6 Å². The highest BCUT2D eigenvalue weighted by molar-refractivity contribution is 5.55. The second-order valence-electron chi connectivity index (χ2n) is 4.31. The standard InChI is InChI=1S/C15H14FN3/c1-2-3-4-11-5-7-12(8-6-11)15-18-10-13(9-17)14(16)19-15/h5-8,10H,2-4H2,1H3. The molecule has 0 bridgehead atoms. The second kappa shape index (κ2) is 6.05. The average molecular weight is 255 g/mol. The summed E-state index contributed by atoms with van der Waals surface area (Å²) >= 11 is 0. The van der Waals surface area contributed by atoms with Crippen molar-refractivity contribution in [3.63, 3.8) is 0 Å². The van der Waals surface area contributed by atoms with Gasteiger partial charge in [-0.1, -0.05) is 37.6 Å². The monoisotopic (exact) mass is 255 g/mol. The molecule has 1 aromatic carbocycles. The first-order valence-electron chi connectivity index (χ1n) is 6.26. The largest absolute Gasteiger partial charge is 0.235 e.